The number of hydrogen-bond donors (Lipinski definition) is 1. The molecule has 0 aliphatic heterocycles. The molecule has 0 aliphatic rings. The summed E-state index contributed by atoms with van der Waals surface area (Å²) in [5, 5.41) is 7.08. The number of carbonyl (C=O) groups excluding carboxylic acids is 1. The van der Waals surface area contributed by atoms with E-state index in [0.29, 0.717) is 11.1 Å². The van der Waals surface area contributed by atoms with Gasteiger partial charge in [0.25, 0.3) is 5.91 Å². The number of nitrogens with one attached hydrogen (secondary N) is 1. The quantitative estimate of drug-likeness (QED) is 0.661. The second-order valence-corrected chi connectivity index (χ2v) is 6.23. The van der Waals surface area contributed by atoms with Gasteiger partial charge >= 0.3 is 0 Å². The number of aromatic nitrogens is 1. The molecule has 0 saturated carbocycles. The number of halogens is 3. The lowest BCUT2D eigenvalue weighted by Crippen LogP contribution is -2.26. The molecule has 0 radical (unpaired) electrons. The van der Waals surface area contributed by atoms with Crippen LogP contribution in [0.4, 0.5) is 8.78 Å². The largest absolute Gasteiger partial charge is 0.482 e. The Bertz CT molecular complexity index is 944. The maximum Gasteiger partial charge on any atom is 0.273 e. The van der Waals surface area contributed by atoms with E-state index in [-0.39, 0.29) is 29.9 Å². The van der Waals surface area contributed by atoms with E-state index in [2.05, 4.69) is 10.5 Å². The van der Waals surface area contributed by atoms with Crippen LogP contribution >= 0.6 is 11.6 Å². The zero-order valence-electron chi connectivity index (χ0n) is 14.2. The van der Waals surface area contributed by atoms with Crippen molar-refractivity contribution in [2.45, 2.75) is 19.6 Å². The standard InChI is InChI=1S/C19H15ClF2N2O3/c1-11(12-2-4-13(20)5-3-12)23-19(25)17-9-15(27-24-17)10-26-18-7-6-14(21)8-16(18)22/h2-9,11H,10H2,1H3,(H,23,25)/t11-/m1/s1. The Labute approximate surface area is 158 Å². The van der Waals surface area contributed by atoms with Crippen molar-refractivity contribution in [3.63, 3.8) is 0 Å². The highest BCUT2D eigenvalue weighted by molar-refractivity contribution is 6.30. The fourth-order valence-electron chi connectivity index (χ4n) is 2.33. The summed E-state index contributed by atoms with van der Waals surface area (Å²) in [5.41, 5.74) is 0.945. The summed E-state index contributed by atoms with van der Waals surface area (Å²) < 4.78 is 36.6. The van der Waals surface area contributed by atoms with Crippen molar-refractivity contribution in [1.29, 1.82) is 0 Å². The van der Waals surface area contributed by atoms with E-state index in [9.17, 15) is 13.6 Å². The van der Waals surface area contributed by atoms with Gasteiger partial charge in [-0.25, -0.2) is 8.78 Å². The number of carbonyl (C=O) groups is 1. The number of rotatable bonds is 6. The van der Waals surface area contributed by atoms with Crippen molar-refractivity contribution in [2.75, 3.05) is 0 Å². The summed E-state index contributed by atoms with van der Waals surface area (Å²) in [4.78, 5) is 12.3. The van der Waals surface area contributed by atoms with E-state index in [0.717, 1.165) is 11.6 Å². The van der Waals surface area contributed by atoms with E-state index >= 15 is 0 Å². The minimum Gasteiger partial charge on any atom is -0.482 e. The molecule has 0 unspecified atom stereocenters. The van der Waals surface area contributed by atoms with E-state index < -0.39 is 17.5 Å². The lowest BCUT2D eigenvalue weighted by Gasteiger charge is -2.13. The van der Waals surface area contributed by atoms with E-state index in [1.807, 2.05) is 19.1 Å². The van der Waals surface area contributed by atoms with Gasteiger partial charge in [-0.2, -0.15) is 0 Å². The molecule has 2 aromatic carbocycles. The molecule has 1 amide bonds. The van der Waals surface area contributed by atoms with Gasteiger partial charge in [0, 0.05) is 17.2 Å². The first-order valence-corrected chi connectivity index (χ1v) is 8.40. The highest BCUT2D eigenvalue weighted by atomic mass is 35.5. The zero-order chi connectivity index (χ0) is 19.4. The predicted molar refractivity (Wildman–Crippen MR) is 94.5 cm³/mol. The molecule has 1 N–H and O–H groups in total. The van der Waals surface area contributed by atoms with Crippen LogP contribution in [0.15, 0.2) is 53.1 Å². The molecular weight excluding hydrogens is 378 g/mol. The molecule has 0 spiro atoms. The molecule has 1 atom stereocenters. The van der Waals surface area contributed by atoms with Crippen LogP contribution in [-0.4, -0.2) is 11.1 Å². The smallest absolute Gasteiger partial charge is 0.273 e. The fraction of sp³-hybridized carbons (Fsp3) is 0.158. The first kappa shape index (κ1) is 18.8. The number of ether oxygens (including phenoxy) is 1. The lowest BCUT2D eigenvalue weighted by molar-refractivity contribution is 0.0930. The van der Waals surface area contributed by atoms with E-state index in [1.165, 1.54) is 12.1 Å². The monoisotopic (exact) mass is 392 g/mol. The van der Waals surface area contributed by atoms with E-state index in [4.69, 9.17) is 20.9 Å². The molecule has 3 rings (SSSR count). The van der Waals surface area contributed by atoms with Crippen LogP contribution in [0.5, 0.6) is 5.75 Å². The summed E-state index contributed by atoms with van der Waals surface area (Å²) in [6, 6.07) is 11.2. The van der Waals surface area contributed by atoms with Crippen LogP contribution in [0.3, 0.4) is 0 Å². The van der Waals surface area contributed by atoms with Gasteiger partial charge in [0.2, 0.25) is 0 Å². The number of amides is 1. The van der Waals surface area contributed by atoms with Crippen molar-refractivity contribution in [2.24, 2.45) is 0 Å². The maximum absolute atomic E-state index is 13.5. The Morgan fingerprint density at radius 2 is 1.96 bits per heavy atom. The van der Waals surface area contributed by atoms with Gasteiger partial charge < -0.3 is 14.6 Å². The second kappa shape index (κ2) is 8.18. The van der Waals surface area contributed by atoms with Gasteiger partial charge in [-0.15, -0.1) is 0 Å². The van der Waals surface area contributed by atoms with Gasteiger partial charge in [-0.3, -0.25) is 4.79 Å². The predicted octanol–water partition coefficient (Wildman–Crippen LogP) is 4.68. The van der Waals surface area contributed by atoms with Gasteiger partial charge in [0.15, 0.2) is 23.0 Å². The van der Waals surface area contributed by atoms with Crippen molar-refractivity contribution >= 4 is 17.5 Å². The summed E-state index contributed by atoms with van der Waals surface area (Å²) in [6.45, 7) is 1.66. The molecule has 0 saturated heterocycles. The maximum atomic E-state index is 13.5. The lowest BCUT2D eigenvalue weighted by atomic mass is 10.1. The second-order valence-electron chi connectivity index (χ2n) is 5.79. The molecule has 3 aromatic rings. The van der Waals surface area contributed by atoms with Crippen LogP contribution in [0.25, 0.3) is 0 Å². The van der Waals surface area contributed by atoms with Crippen LogP contribution in [-0.2, 0) is 6.61 Å². The Hall–Kier alpha value is -2.93. The molecule has 5 nitrogen and oxygen atoms in total. The molecule has 8 heteroatoms. The average molecular weight is 393 g/mol. The summed E-state index contributed by atoms with van der Waals surface area (Å²) >= 11 is 5.85. The van der Waals surface area contributed by atoms with Gasteiger partial charge in [-0.1, -0.05) is 28.9 Å². The molecule has 1 heterocycles. The van der Waals surface area contributed by atoms with Crippen LogP contribution in [0.2, 0.25) is 5.02 Å². The van der Waals surface area contributed by atoms with Gasteiger partial charge in [-0.05, 0) is 36.8 Å². The fourth-order valence-corrected chi connectivity index (χ4v) is 2.46. The SMILES string of the molecule is C[C@@H](NC(=O)c1cc(COc2ccc(F)cc2F)on1)c1ccc(Cl)cc1. The normalized spacial score (nSPS) is 11.9. The Morgan fingerprint density at radius 3 is 2.67 bits per heavy atom. The van der Waals surface area contributed by atoms with E-state index in [1.54, 1.807) is 12.1 Å². The molecule has 1 aromatic heterocycles. The van der Waals surface area contributed by atoms with Crippen molar-refractivity contribution < 1.29 is 22.8 Å². The number of hydrogen-bond acceptors (Lipinski definition) is 4. The van der Waals surface area contributed by atoms with Gasteiger partial charge in [0.05, 0.1) is 6.04 Å². The minimum absolute atomic E-state index is 0.0639. The molecule has 0 fully saturated rings. The average Bonchev–Trinajstić information content (AvgIpc) is 3.10. The van der Waals surface area contributed by atoms with Crippen molar-refractivity contribution in [3.05, 3.63) is 82.2 Å². The molecule has 0 bridgehead atoms. The van der Waals surface area contributed by atoms with Crippen molar-refractivity contribution in [3.8, 4) is 5.75 Å². The summed E-state index contributed by atoms with van der Waals surface area (Å²) in [7, 11) is 0. The molecule has 140 valence electrons. The highest BCUT2D eigenvalue weighted by Gasteiger charge is 2.16. The third kappa shape index (κ3) is 4.83. The summed E-state index contributed by atoms with van der Waals surface area (Å²) in [5.74, 6) is -1.86. The Morgan fingerprint density at radius 1 is 1.22 bits per heavy atom. The Kier molecular flexibility index (Phi) is 5.71. The number of nitrogens with zero attached hydrogens (tertiary/aromatic N) is 1. The third-order valence-corrected chi connectivity index (χ3v) is 4.03. The summed E-state index contributed by atoms with van der Waals surface area (Å²) in [6.07, 6.45) is 0. The first-order valence-electron chi connectivity index (χ1n) is 8.02. The third-order valence-electron chi connectivity index (χ3n) is 3.77. The molecule has 0 aliphatic carbocycles. The zero-order valence-corrected chi connectivity index (χ0v) is 15.0. The Balaban J connectivity index is 1.59. The first-order chi connectivity index (χ1) is 12.9. The topological polar surface area (TPSA) is 64.4 Å². The number of benzene rings is 2. The van der Waals surface area contributed by atoms with Crippen LogP contribution in [0, 0.1) is 11.6 Å². The molecular formula is C19H15ClF2N2O3. The van der Waals surface area contributed by atoms with Crippen molar-refractivity contribution in [1.82, 2.24) is 10.5 Å². The minimum atomic E-state index is -0.829. The van der Waals surface area contributed by atoms with Gasteiger partial charge in [0.1, 0.15) is 12.4 Å². The van der Waals surface area contributed by atoms with Crippen LogP contribution in [0.1, 0.15) is 34.8 Å². The molecule has 27 heavy (non-hydrogen) atoms. The van der Waals surface area contributed by atoms with Crippen LogP contribution < -0.4 is 10.1 Å². The highest BCUT2D eigenvalue weighted by Crippen LogP contribution is 2.20.